The zero-order valence-electron chi connectivity index (χ0n) is 9.21. The minimum absolute atomic E-state index is 0.00266. The van der Waals surface area contributed by atoms with Crippen LogP contribution < -0.4 is 10.6 Å². The molecule has 0 bridgehead atoms. The van der Waals surface area contributed by atoms with Crippen molar-refractivity contribution in [1.82, 2.24) is 10.6 Å². The van der Waals surface area contributed by atoms with Gasteiger partial charge >= 0.3 is 0 Å². The fourth-order valence-corrected chi connectivity index (χ4v) is 1.08. The minimum atomic E-state index is -0.462. The summed E-state index contributed by atoms with van der Waals surface area (Å²) in [7, 11) is 1.48. The normalized spacial score (nSPS) is 16.9. The largest absolute Gasteiger partial charge is 0.372 e. The van der Waals surface area contributed by atoms with Gasteiger partial charge in [0.1, 0.15) is 6.10 Å². The molecule has 2 amide bonds. The number of hydrogen-bond donors (Lipinski definition) is 2. The Balaban J connectivity index is 2.04. The molecule has 1 fully saturated rings. The Morgan fingerprint density at radius 3 is 2.67 bits per heavy atom. The van der Waals surface area contributed by atoms with Gasteiger partial charge in [0.15, 0.2) is 0 Å². The maximum atomic E-state index is 11.2. The lowest BCUT2D eigenvalue weighted by Gasteiger charge is -2.10. The molecule has 1 saturated carbocycles. The summed E-state index contributed by atoms with van der Waals surface area (Å²) >= 11 is 0. The molecule has 0 heterocycles. The molecule has 0 aliphatic heterocycles. The molecule has 0 aromatic heterocycles. The molecule has 0 saturated heterocycles. The third-order valence-electron chi connectivity index (χ3n) is 2.32. The van der Waals surface area contributed by atoms with Crippen LogP contribution in [0, 0.1) is 0 Å². The van der Waals surface area contributed by atoms with Gasteiger partial charge in [-0.3, -0.25) is 9.59 Å². The summed E-state index contributed by atoms with van der Waals surface area (Å²) in [5.41, 5.74) is 0. The van der Waals surface area contributed by atoms with E-state index < -0.39 is 6.10 Å². The molecule has 1 rings (SSSR count). The van der Waals surface area contributed by atoms with Crippen LogP contribution in [-0.2, 0) is 14.3 Å². The highest BCUT2D eigenvalue weighted by atomic mass is 16.5. The molecular weight excluding hydrogens is 196 g/mol. The topological polar surface area (TPSA) is 67.4 Å². The van der Waals surface area contributed by atoms with Gasteiger partial charge in [-0.05, 0) is 19.8 Å². The van der Waals surface area contributed by atoms with Crippen LogP contribution >= 0.6 is 0 Å². The summed E-state index contributed by atoms with van der Waals surface area (Å²) in [6.07, 6.45) is 2.03. The first-order valence-electron chi connectivity index (χ1n) is 5.23. The molecule has 5 nitrogen and oxygen atoms in total. The highest BCUT2D eigenvalue weighted by molar-refractivity contribution is 5.81. The summed E-state index contributed by atoms with van der Waals surface area (Å²) in [6.45, 7) is 2.03. The molecule has 0 spiro atoms. The molecule has 0 radical (unpaired) electrons. The van der Waals surface area contributed by atoms with E-state index in [1.54, 1.807) is 6.92 Å². The monoisotopic (exact) mass is 214 g/mol. The average Bonchev–Trinajstić information content (AvgIpc) is 3.00. The number of ether oxygens (including phenoxy) is 1. The lowest BCUT2D eigenvalue weighted by molar-refractivity contribution is -0.130. The quantitative estimate of drug-likeness (QED) is 0.644. The van der Waals surface area contributed by atoms with Crippen LogP contribution in [0.4, 0.5) is 0 Å². The number of methoxy groups -OCH3 is 1. The zero-order chi connectivity index (χ0) is 11.3. The molecule has 1 unspecified atom stereocenters. The zero-order valence-corrected chi connectivity index (χ0v) is 9.21. The van der Waals surface area contributed by atoms with Gasteiger partial charge in [-0.25, -0.2) is 0 Å². The van der Waals surface area contributed by atoms with E-state index in [1.165, 1.54) is 7.11 Å². The first-order chi connectivity index (χ1) is 7.13. The van der Waals surface area contributed by atoms with Crippen molar-refractivity contribution in [3.8, 4) is 0 Å². The third-order valence-corrected chi connectivity index (χ3v) is 2.32. The highest BCUT2D eigenvalue weighted by Gasteiger charge is 2.22. The van der Waals surface area contributed by atoms with Gasteiger partial charge in [-0.1, -0.05) is 0 Å². The predicted octanol–water partition coefficient (Wildman–Crippen LogP) is -0.194. The van der Waals surface area contributed by atoms with Crippen molar-refractivity contribution in [2.45, 2.75) is 38.3 Å². The lowest BCUT2D eigenvalue weighted by atomic mass is 10.3. The molecule has 1 aliphatic carbocycles. The number of carbonyl (C=O) groups is 2. The van der Waals surface area contributed by atoms with Gasteiger partial charge in [-0.2, -0.15) is 0 Å². The maximum Gasteiger partial charge on any atom is 0.248 e. The van der Waals surface area contributed by atoms with E-state index in [4.69, 9.17) is 4.74 Å². The number of hydrogen-bond acceptors (Lipinski definition) is 3. The van der Waals surface area contributed by atoms with Crippen LogP contribution in [0.5, 0.6) is 0 Å². The highest BCUT2D eigenvalue weighted by Crippen LogP contribution is 2.18. The molecule has 5 heteroatoms. The van der Waals surface area contributed by atoms with Crippen molar-refractivity contribution in [1.29, 1.82) is 0 Å². The van der Waals surface area contributed by atoms with Gasteiger partial charge in [0, 0.05) is 26.1 Å². The minimum Gasteiger partial charge on any atom is -0.372 e. The number of carbonyl (C=O) groups excluding carboxylic acids is 2. The van der Waals surface area contributed by atoms with Gasteiger partial charge in [0.05, 0.1) is 0 Å². The Morgan fingerprint density at radius 1 is 1.47 bits per heavy atom. The van der Waals surface area contributed by atoms with Crippen LogP contribution in [-0.4, -0.2) is 37.6 Å². The molecule has 15 heavy (non-hydrogen) atoms. The Labute approximate surface area is 89.6 Å². The fraction of sp³-hybridized carbons (Fsp3) is 0.800. The third kappa shape index (κ3) is 4.78. The van der Waals surface area contributed by atoms with Crippen molar-refractivity contribution in [3.63, 3.8) is 0 Å². The van der Waals surface area contributed by atoms with Crippen LogP contribution in [0.15, 0.2) is 0 Å². The Hall–Kier alpha value is -1.10. The van der Waals surface area contributed by atoms with Crippen molar-refractivity contribution in [2.24, 2.45) is 0 Å². The van der Waals surface area contributed by atoms with Crippen molar-refractivity contribution >= 4 is 11.8 Å². The summed E-state index contributed by atoms with van der Waals surface area (Å²) in [5.74, 6) is -0.181. The average molecular weight is 214 g/mol. The SMILES string of the molecule is COC(C)C(=O)NCCC(=O)NC1CC1. The standard InChI is InChI=1S/C10H18N2O3/c1-7(15-2)10(14)11-6-5-9(13)12-8-3-4-8/h7-8H,3-6H2,1-2H3,(H,11,14)(H,12,13). The lowest BCUT2D eigenvalue weighted by Crippen LogP contribution is -2.36. The Bertz CT molecular complexity index is 239. The smallest absolute Gasteiger partial charge is 0.248 e. The fourth-order valence-electron chi connectivity index (χ4n) is 1.08. The molecule has 1 atom stereocenters. The first kappa shape index (κ1) is 12.0. The summed E-state index contributed by atoms with van der Waals surface area (Å²) in [6, 6.07) is 0.381. The molecule has 86 valence electrons. The van der Waals surface area contributed by atoms with Gasteiger partial charge < -0.3 is 15.4 Å². The maximum absolute atomic E-state index is 11.2. The predicted molar refractivity (Wildman–Crippen MR) is 55.3 cm³/mol. The van der Waals surface area contributed by atoms with Crippen LogP contribution in [0.2, 0.25) is 0 Å². The summed E-state index contributed by atoms with van der Waals surface area (Å²) < 4.78 is 4.83. The van der Waals surface area contributed by atoms with E-state index in [0.29, 0.717) is 19.0 Å². The second-order valence-electron chi connectivity index (χ2n) is 3.76. The van der Waals surface area contributed by atoms with Gasteiger partial charge in [0.2, 0.25) is 11.8 Å². The van der Waals surface area contributed by atoms with E-state index in [0.717, 1.165) is 12.8 Å². The van der Waals surface area contributed by atoms with Gasteiger partial charge in [0.25, 0.3) is 0 Å². The molecule has 1 aliphatic rings. The summed E-state index contributed by atoms with van der Waals surface area (Å²) in [5, 5.41) is 5.48. The van der Waals surface area contributed by atoms with Crippen molar-refractivity contribution < 1.29 is 14.3 Å². The first-order valence-corrected chi connectivity index (χ1v) is 5.23. The number of rotatable bonds is 6. The van der Waals surface area contributed by atoms with Crippen LogP contribution in [0.25, 0.3) is 0 Å². The molecule has 0 aromatic rings. The van der Waals surface area contributed by atoms with Gasteiger partial charge in [-0.15, -0.1) is 0 Å². The Morgan fingerprint density at radius 2 is 2.13 bits per heavy atom. The van der Waals surface area contributed by atoms with E-state index in [1.807, 2.05) is 0 Å². The molecule has 2 N–H and O–H groups in total. The number of nitrogens with one attached hydrogen (secondary N) is 2. The second kappa shape index (κ2) is 5.70. The van der Waals surface area contributed by atoms with Crippen LogP contribution in [0.1, 0.15) is 26.2 Å². The van der Waals surface area contributed by atoms with E-state index >= 15 is 0 Å². The Kier molecular flexibility index (Phi) is 4.55. The molecular formula is C10H18N2O3. The summed E-state index contributed by atoms with van der Waals surface area (Å²) in [4.78, 5) is 22.4. The second-order valence-corrected chi connectivity index (χ2v) is 3.76. The number of amides is 2. The van der Waals surface area contributed by atoms with Crippen molar-refractivity contribution in [3.05, 3.63) is 0 Å². The van der Waals surface area contributed by atoms with E-state index in [2.05, 4.69) is 10.6 Å². The van der Waals surface area contributed by atoms with E-state index in [9.17, 15) is 9.59 Å². The molecule has 0 aromatic carbocycles. The van der Waals surface area contributed by atoms with Crippen molar-refractivity contribution in [2.75, 3.05) is 13.7 Å². The van der Waals surface area contributed by atoms with E-state index in [-0.39, 0.29) is 11.8 Å². The van der Waals surface area contributed by atoms with Crippen LogP contribution in [0.3, 0.4) is 0 Å².